The lowest BCUT2D eigenvalue weighted by molar-refractivity contribution is 0.0934. The fourth-order valence-corrected chi connectivity index (χ4v) is 2.64. The summed E-state index contributed by atoms with van der Waals surface area (Å²) in [5.74, 6) is 0.918. The molecule has 0 saturated heterocycles. The van der Waals surface area contributed by atoms with Crippen LogP contribution in [0.1, 0.15) is 27.9 Å². The average molecular weight is 345 g/mol. The van der Waals surface area contributed by atoms with Crippen molar-refractivity contribution in [2.24, 2.45) is 0 Å². The molecule has 1 atom stereocenters. The van der Waals surface area contributed by atoms with Crippen molar-refractivity contribution in [2.75, 3.05) is 0 Å². The molecule has 1 aromatic carbocycles. The second kappa shape index (κ2) is 7.02. The van der Waals surface area contributed by atoms with E-state index in [1.807, 2.05) is 36.4 Å². The fourth-order valence-electron chi connectivity index (χ4n) is 2.64. The van der Waals surface area contributed by atoms with Gasteiger partial charge in [0.2, 0.25) is 0 Å². The Morgan fingerprint density at radius 3 is 2.50 bits per heavy atom. The number of nitrogens with zero attached hydrogens (tertiary/aromatic N) is 4. The van der Waals surface area contributed by atoms with Crippen molar-refractivity contribution in [1.82, 2.24) is 25.1 Å². The lowest BCUT2D eigenvalue weighted by Crippen LogP contribution is -2.30. The molecule has 0 aliphatic rings. The third kappa shape index (κ3) is 3.23. The van der Waals surface area contributed by atoms with Gasteiger partial charge in [-0.3, -0.25) is 9.36 Å². The molecule has 0 saturated carbocycles. The molecule has 0 radical (unpaired) electrons. The van der Waals surface area contributed by atoms with Crippen molar-refractivity contribution in [3.63, 3.8) is 0 Å². The zero-order valence-electron chi connectivity index (χ0n) is 13.7. The van der Waals surface area contributed by atoms with Crippen LogP contribution in [0.25, 0.3) is 5.82 Å². The van der Waals surface area contributed by atoms with E-state index in [4.69, 9.17) is 4.42 Å². The van der Waals surface area contributed by atoms with Gasteiger partial charge in [0.15, 0.2) is 0 Å². The predicted octanol–water partition coefficient (Wildman–Crippen LogP) is 2.77. The average Bonchev–Trinajstić information content (AvgIpc) is 3.40. The van der Waals surface area contributed by atoms with Crippen molar-refractivity contribution in [3.8, 4) is 5.82 Å². The summed E-state index contributed by atoms with van der Waals surface area (Å²) in [6.45, 7) is 0. The Balaban J connectivity index is 1.62. The molecule has 3 heterocycles. The van der Waals surface area contributed by atoms with Crippen LogP contribution in [-0.4, -0.2) is 25.7 Å². The Bertz CT molecular complexity index is 982. The molecular weight excluding hydrogens is 330 g/mol. The minimum Gasteiger partial charge on any atom is -0.467 e. The van der Waals surface area contributed by atoms with E-state index < -0.39 is 6.04 Å². The van der Waals surface area contributed by atoms with Crippen molar-refractivity contribution < 1.29 is 9.21 Å². The quantitative estimate of drug-likeness (QED) is 0.601. The standard InChI is InChI=1S/C19H15N5O2/c25-19(15-8-4-10-17(22-15)24-12-20-21-13-24)23-18(16-9-5-11-26-16)14-6-2-1-3-7-14/h1-13,18H,(H,23,25). The topological polar surface area (TPSA) is 85.8 Å². The van der Waals surface area contributed by atoms with Gasteiger partial charge >= 0.3 is 0 Å². The molecule has 0 spiro atoms. The first kappa shape index (κ1) is 15.8. The van der Waals surface area contributed by atoms with E-state index in [9.17, 15) is 4.79 Å². The van der Waals surface area contributed by atoms with Crippen LogP contribution < -0.4 is 5.32 Å². The minimum atomic E-state index is -0.404. The smallest absolute Gasteiger partial charge is 0.270 e. The molecule has 7 heteroatoms. The Morgan fingerprint density at radius 1 is 0.962 bits per heavy atom. The number of hydrogen-bond acceptors (Lipinski definition) is 5. The first-order valence-corrected chi connectivity index (χ1v) is 8.02. The highest BCUT2D eigenvalue weighted by Crippen LogP contribution is 2.22. The zero-order chi connectivity index (χ0) is 17.8. The largest absolute Gasteiger partial charge is 0.467 e. The van der Waals surface area contributed by atoms with Crippen LogP contribution in [0, 0.1) is 0 Å². The highest BCUT2D eigenvalue weighted by atomic mass is 16.3. The molecule has 128 valence electrons. The van der Waals surface area contributed by atoms with Crippen LogP contribution in [0.4, 0.5) is 0 Å². The number of carbonyl (C=O) groups is 1. The maximum atomic E-state index is 12.8. The molecule has 0 aliphatic carbocycles. The number of benzene rings is 1. The number of rotatable bonds is 5. The van der Waals surface area contributed by atoms with E-state index in [-0.39, 0.29) is 5.91 Å². The molecule has 1 amide bonds. The molecule has 4 aromatic rings. The molecule has 1 N–H and O–H groups in total. The second-order valence-electron chi connectivity index (χ2n) is 5.58. The molecule has 4 rings (SSSR count). The summed E-state index contributed by atoms with van der Waals surface area (Å²) in [6, 6.07) is 18.1. The molecule has 7 nitrogen and oxygen atoms in total. The first-order valence-electron chi connectivity index (χ1n) is 8.02. The minimum absolute atomic E-state index is 0.295. The van der Waals surface area contributed by atoms with Gasteiger partial charge in [-0.25, -0.2) is 4.98 Å². The van der Waals surface area contributed by atoms with Gasteiger partial charge in [-0.15, -0.1) is 10.2 Å². The summed E-state index contributed by atoms with van der Waals surface area (Å²) in [4.78, 5) is 17.2. The summed E-state index contributed by atoms with van der Waals surface area (Å²) in [6.07, 6.45) is 4.64. The van der Waals surface area contributed by atoms with Crippen molar-refractivity contribution >= 4 is 5.91 Å². The number of furan rings is 1. The van der Waals surface area contributed by atoms with Crippen molar-refractivity contribution in [3.05, 3.63) is 96.6 Å². The molecule has 0 aliphatic heterocycles. The number of nitrogens with one attached hydrogen (secondary N) is 1. The van der Waals surface area contributed by atoms with Gasteiger partial charge in [0.1, 0.15) is 36.0 Å². The molecule has 26 heavy (non-hydrogen) atoms. The normalized spacial score (nSPS) is 11.8. The van der Waals surface area contributed by atoms with E-state index in [1.165, 1.54) is 12.7 Å². The zero-order valence-corrected chi connectivity index (χ0v) is 13.7. The van der Waals surface area contributed by atoms with E-state index in [0.717, 1.165) is 5.56 Å². The van der Waals surface area contributed by atoms with Gasteiger partial charge < -0.3 is 9.73 Å². The van der Waals surface area contributed by atoms with Crippen LogP contribution in [-0.2, 0) is 0 Å². The monoisotopic (exact) mass is 345 g/mol. The Hall–Kier alpha value is -3.74. The first-order chi connectivity index (χ1) is 12.8. The second-order valence-corrected chi connectivity index (χ2v) is 5.58. The summed E-state index contributed by atoms with van der Waals surface area (Å²) < 4.78 is 7.15. The lowest BCUT2D eigenvalue weighted by atomic mass is 10.0. The highest BCUT2D eigenvalue weighted by molar-refractivity contribution is 5.93. The third-order valence-electron chi connectivity index (χ3n) is 3.89. The van der Waals surface area contributed by atoms with Gasteiger partial charge in [0.25, 0.3) is 5.91 Å². The maximum Gasteiger partial charge on any atom is 0.270 e. The maximum absolute atomic E-state index is 12.8. The number of aromatic nitrogens is 4. The van der Waals surface area contributed by atoms with Gasteiger partial charge in [-0.1, -0.05) is 36.4 Å². The summed E-state index contributed by atoms with van der Waals surface area (Å²) >= 11 is 0. The van der Waals surface area contributed by atoms with Crippen molar-refractivity contribution in [2.45, 2.75) is 6.04 Å². The van der Waals surface area contributed by atoms with Gasteiger partial charge in [-0.2, -0.15) is 0 Å². The molecule has 0 fully saturated rings. The summed E-state index contributed by atoms with van der Waals surface area (Å²) in [5, 5.41) is 10.5. The van der Waals surface area contributed by atoms with Gasteiger partial charge in [0.05, 0.1) is 6.26 Å². The Kier molecular flexibility index (Phi) is 4.26. The van der Waals surface area contributed by atoms with Crippen LogP contribution >= 0.6 is 0 Å². The van der Waals surface area contributed by atoms with Crippen LogP contribution in [0.15, 0.2) is 84.0 Å². The van der Waals surface area contributed by atoms with E-state index in [1.54, 1.807) is 35.1 Å². The van der Waals surface area contributed by atoms with E-state index in [0.29, 0.717) is 17.3 Å². The Labute approximate surface area is 149 Å². The van der Waals surface area contributed by atoms with E-state index >= 15 is 0 Å². The highest BCUT2D eigenvalue weighted by Gasteiger charge is 2.21. The molecular formula is C19H15N5O2. The summed E-state index contributed by atoms with van der Waals surface area (Å²) in [5.41, 5.74) is 1.22. The number of pyridine rings is 1. The third-order valence-corrected chi connectivity index (χ3v) is 3.89. The van der Waals surface area contributed by atoms with Crippen LogP contribution in [0.5, 0.6) is 0 Å². The molecule has 0 bridgehead atoms. The number of hydrogen-bond donors (Lipinski definition) is 1. The van der Waals surface area contributed by atoms with Gasteiger partial charge in [0, 0.05) is 0 Å². The SMILES string of the molecule is O=C(NC(c1ccccc1)c1ccco1)c1cccc(-n2cnnc2)n1. The summed E-state index contributed by atoms with van der Waals surface area (Å²) in [7, 11) is 0. The number of carbonyl (C=O) groups excluding carboxylic acids is 1. The van der Waals surface area contributed by atoms with Crippen LogP contribution in [0.3, 0.4) is 0 Å². The molecule has 1 unspecified atom stereocenters. The lowest BCUT2D eigenvalue weighted by Gasteiger charge is -2.17. The van der Waals surface area contributed by atoms with Crippen LogP contribution in [0.2, 0.25) is 0 Å². The predicted molar refractivity (Wildman–Crippen MR) is 93.6 cm³/mol. The van der Waals surface area contributed by atoms with Crippen molar-refractivity contribution in [1.29, 1.82) is 0 Å². The Morgan fingerprint density at radius 2 is 1.77 bits per heavy atom. The van der Waals surface area contributed by atoms with E-state index in [2.05, 4.69) is 20.5 Å². The molecule has 3 aromatic heterocycles. The van der Waals surface area contributed by atoms with Gasteiger partial charge in [-0.05, 0) is 29.8 Å². The fraction of sp³-hybridized carbons (Fsp3) is 0.0526. The number of amides is 1.